The van der Waals surface area contributed by atoms with Crippen molar-refractivity contribution in [3.63, 3.8) is 0 Å². The Morgan fingerprint density at radius 3 is 2.56 bits per heavy atom. The molecule has 2 rings (SSSR count). The van der Waals surface area contributed by atoms with Gasteiger partial charge in [0.15, 0.2) is 5.82 Å². The molecule has 1 heterocycles. The molecular weight excluding hydrogens is 283 g/mol. The van der Waals surface area contributed by atoms with Crippen LogP contribution in [0.15, 0.2) is 18.5 Å². The smallest absolute Gasteiger partial charge is 0.151 e. The van der Waals surface area contributed by atoms with Gasteiger partial charge in [-0.1, -0.05) is 23.2 Å². The van der Waals surface area contributed by atoms with Crippen LogP contribution in [0.4, 0.5) is 20.3 Å². The zero-order valence-corrected chi connectivity index (χ0v) is 10.7. The Bertz CT molecular complexity index is 582. The summed E-state index contributed by atoms with van der Waals surface area (Å²) in [5.74, 6) is -1.25. The fraction of sp³-hybridized carbons (Fsp3) is 0.0909. The molecule has 2 aromatic rings. The predicted octanol–water partition coefficient (Wildman–Crippen LogP) is 4.11. The van der Waals surface area contributed by atoms with Gasteiger partial charge in [-0.05, 0) is 13.0 Å². The van der Waals surface area contributed by atoms with Gasteiger partial charge in [-0.2, -0.15) is 0 Å². The number of rotatable bonds is 2. The summed E-state index contributed by atoms with van der Waals surface area (Å²) in [5, 5.41) is 2.83. The highest BCUT2D eigenvalue weighted by Crippen LogP contribution is 2.30. The van der Waals surface area contributed by atoms with Gasteiger partial charge < -0.3 is 5.32 Å². The lowest BCUT2D eigenvalue weighted by molar-refractivity contribution is 0.586. The van der Waals surface area contributed by atoms with Gasteiger partial charge in [-0.3, -0.25) is 0 Å². The normalized spacial score (nSPS) is 10.5. The Balaban J connectivity index is 2.43. The monoisotopic (exact) mass is 289 g/mol. The minimum Gasteiger partial charge on any atom is -0.336 e. The molecule has 1 N–H and O–H groups in total. The summed E-state index contributed by atoms with van der Waals surface area (Å²) >= 11 is 11.6. The molecule has 0 bridgehead atoms. The number of hydrogen-bond donors (Lipinski definition) is 1. The van der Waals surface area contributed by atoms with Gasteiger partial charge in [0.2, 0.25) is 0 Å². The van der Waals surface area contributed by atoms with E-state index in [1.165, 1.54) is 6.33 Å². The minimum absolute atomic E-state index is 0.0593. The molecule has 0 saturated heterocycles. The zero-order chi connectivity index (χ0) is 13.3. The molecule has 94 valence electrons. The maximum atomic E-state index is 13.6. The molecule has 0 radical (unpaired) electrons. The summed E-state index contributed by atoms with van der Waals surface area (Å²) in [4.78, 5) is 7.68. The lowest BCUT2D eigenvalue weighted by Gasteiger charge is -2.11. The molecule has 0 aliphatic heterocycles. The van der Waals surface area contributed by atoms with Crippen molar-refractivity contribution in [3.8, 4) is 0 Å². The average molecular weight is 290 g/mol. The van der Waals surface area contributed by atoms with Crippen molar-refractivity contribution in [2.75, 3.05) is 5.32 Å². The summed E-state index contributed by atoms with van der Waals surface area (Å²) in [5.41, 5.74) is 0.481. The Hall–Kier alpha value is -1.46. The van der Waals surface area contributed by atoms with Crippen LogP contribution in [-0.2, 0) is 0 Å². The first-order valence-corrected chi connectivity index (χ1v) is 5.63. The number of halogens is 4. The van der Waals surface area contributed by atoms with E-state index in [1.807, 2.05) is 0 Å². The average Bonchev–Trinajstić information content (AvgIpc) is 2.28. The second-order valence-corrected chi connectivity index (χ2v) is 4.27. The van der Waals surface area contributed by atoms with E-state index < -0.39 is 11.6 Å². The molecule has 0 fully saturated rings. The third kappa shape index (κ3) is 2.52. The Morgan fingerprint density at radius 1 is 1.17 bits per heavy atom. The first-order valence-electron chi connectivity index (χ1n) is 4.87. The maximum absolute atomic E-state index is 13.6. The summed E-state index contributed by atoms with van der Waals surface area (Å²) in [6.07, 6.45) is 1.23. The van der Waals surface area contributed by atoms with E-state index in [2.05, 4.69) is 15.3 Å². The Kier molecular flexibility index (Phi) is 3.63. The van der Waals surface area contributed by atoms with Crippen molar-refractivity contribution in [2.45, 2.75) is 6.92 Å². The predicted molar refractivity (Wildman–Crippen MR) is 66.4 cm³/mol. The molecular formula is C11H7Cl2F2N3. The summed E-state index contributed by atoms with van der Waals surface area (Å²) in [6, 6.07) is 1.73. The van der Waals surface area contributed by atoms with Crippen molar-refractivity contribution < 1.29 is 8.78 Å². The number of anilines is 2. The van der Waals surface area contributed by atoms with Crippen LogP contribution < -0.4 is 5.32 Å². The highest BCUT2D eigenvalue weighted by molar-refractivity contribution is 6.33. The van der Waals surface area contributed by atoms with Gasteiger partial charge in [0.1, 0.15) is 23.1 Å². The van der Waals surface area contributed by atoms with Crippen LogP contribution in [0, 0.1) is 18.6 Å². The van der Waals surface area contributed by atoms with Crippen molar-refractivity contribution in [2.24, 2.45) is 0 Å². The maximum Gasteiger partial charge on any atom is 0.151 e. The van der Waals surface area contributed by atoms with E-state index in [0.29, 0.717) is 11.4 Å². The summed E-state index contributed by atoms with van der Waals surface area (Å²) in [7, 11) is 0. The number of aromatic nitrogens is 2. The highest BCUT2D eigenvalue weighted by Gasteiger charge is 2.13. The third-order valence-corrected chi connectivity index (χ3v) is 2.95. The van der Waals surface area contributed by atoms with Crippen LogP contribution in [0.1, 0.15) is 5.56 Å². The van der Waals surface area contributed by atoms with Crippen LogP contribution in [0.3, 0.4) is 0 Å². The summed E-state index contributed by atoms with van der Waals surface area (Å²) < 4.78 is 26.5. The number of nitrogens with one attached hydrogen (secondary N) is 1. The largest absolute Gasteiger partial charge is 0.336 e. The number of benzene rings is 1. The lowest BCUT2D eigenvalue weighted by atomic mass is 10.2. The van der Waals surface area contributed by atoms with Gasteiger partial charge >= 0.3 is 0 Å². The molecule has 0 saturated carbocycles. The molecule has 0 amide bonds. The van der Waals surface area contributed by atoms with Crippen molar-refractivity contribution >= 4 is 34.7 Å². The molecule has 1 aromatic carbocycles. The lowest BCUT2D eigenvalue weighted by Crippen LogP contribution is -2.01. The molecule has 0 aliphatic carbocycles. The fourth-order valence-corrected chi connectivity index (χ4v) is 1.71. The fourth-order valence-electron chi connectivity index (χ4n) is 1.33. The van der Waals surface area contributed by atoms with Crippen LogP contribution in [0.25, 0.3) is 0 Å². The van der Waals surface area contributed by atoms with E-state index in [4.69, 9.17) is 23.2 Å². The van der Waals surface area contributed by atoms with E-state index in [-0.39, 0.29) is 15.9 Å². The molecule has 0 aliphatic rings. The number of hydrogen-bond acceptors (Lipinski definition) is 3. The van der Waals surface area contributed by atoms with Crippen LogP contribution in [0.5, 0.6) is 0 Å². The van der Waals surface area contributed by atoms with Crippen molar-refractivity contribution in [3.05, 3.63) is 45.8 Å². The first-order chi connectivity index (χ1) is 8.49. The van der Waals surface area contributed by atoms with Gasteiger partial charge in [-0.25, -0.2) is 18.7 Å². The molecule has 0 atom stereocenters. The highest BCUT2D eigenvalue weighted by atomic mass is 35.5. The van der Waals surface area contributed by atoms with Crippen LogP contribution in [-0.4, -0.2) is 9.97 Å². The molecule has 7 heteroatoms. The van der Waals surface area contributed by atoms with E-state index in [1.54, 1.807) is 6.92 Å². The zero-order valence-electron chi connectivity index (χ0n) is 9.14. The molecule has 3 nitrogen and oxygen atoms in total. The number of nitrogens with zero attached hydrogens (tertiary/aromatic N) is 2. The quantitative estimate of drug-likeness (QED) is 0.846. The first kappa shape index (κ1) is 13.0. The molecule has 0 spiro atoms. The Morgan fingerprint density at radius 2 is 1.89 bits per heavy atom. The van der Waals surface area contributed by atoms with Crippen LogP contribution >= 0.6 is 23.2 Å². The summed E-state index contributed by atoms with van der Waals surface area (Å²) in [6.45, 7) is 1.67. The van der Waals surface area contributed by atoms with Gasteiger partial charge in [0.05, 0.1) is 10.7 Å². The second-order valence-electron chi connectivity index (χ2n) is 3.51. The standard InChI is InChI=1S/C11H7Cl2F2N3/c1-5-10(13)16-4-17-11(5)18-9-7(12)2-6(14)3-8(9)15/h2-4H,1H3,(H,16,17,18). The molecule has 0 unspecified atom stereocenters. The SMILES string of the molecule is Cc1c(Cl)ncnc1Nc1c(F)cc(F)cc1Cl. The minimum atomic E-state index is -0.811. The topological polar surface area (TPSA) is 37.8 Å². The second kappa shape index (κ2) is 5.04. The van der Waals surface area contributed by atoms with E-state index in [0.717, 1.165) is 12.1 Å². The molecule has 18 heavy (non-hydrogen) atoms. The van der Waals surface area contributed by atoms with Gasteiger partial charge in [0, 0.05) is 11.6 Å². The van der Waals surface area contributed by atoms with Crippen LogP contribution in [0.2, 0.25) is 10.2 Å². The third-order valence-electron chi connectivity index (χ3n) is 2.27. The van der Waals surface area contributed by atoms with Gasteiger partial charge in [-0.15, -0.1) is 0 Å². The molecule has 1 aromatic heterocycles. The van der Waals surface area contributed by atoms with E-state index in [9.17, 15) is 8.78 Å². The van der Waals surface area contributed by atoms with Crippen molar-refractivity contribution in [1.29, 1.82) is 0 Å². The van der Waals surface area contributed by atoms with Crippen molar-refractivity contribution in [1.82, 2.24) is 9.97 Å². The van der Waals surface area contributed by atoms with E-state index >= 15 is 0 Å². The Labute approximate surface area is 112 Å². The van der Waals surface area contributed by atoms with Gasteiger partial charge in [0.25, 0.3) is 0 Å².